The van der Waals surface area contributed by atoms with E-state index >= 15 is 0 Å². The van der Waals surface area contributed by atoms with Crippen molar-refractivity contribution in [1.29, 1.82) is 0 Å². The molecule has 2 heterocycles. The third kappa shape index (κ3) is 4.00. The Morgan fingerprint density at radius 2 is 2.13 bits per heavy atom. The molecule has 1 unspecified atom stereocenters. The number of rotatable bonds is 5. The molecule has 0 aliphatic carbocycles. The average Bonchev–Trinajstić information content (AvgIpc) is 2.61. The molecular formula is C17H21BrN4O. The summed E-state index contributed by atoms with van der Waals surface area (Å²) in [5.74, 6) is 1.68. The number of benzene rings is 1. The summed E-state index contributed by atoms with van der Waals surface area (Å²) < 4.78 is 1.08. The summed E-state index contributed by atoms with van der Waals surface area (Å²) in [5, 5.41) is 12.9. The Hall–Kier alpha value is -1.66. The zero-order chi connectivity index (χ0) is 16.1. The largest absolute Gasteiger partial charge is 0.394 e. The molecule has 1 atom stereocenters. The zero-order valence-corrected chi connectivity index (χ0v) is 14.5. The van der Waals surface area contributed by atoms with Crippen LogP contribution < -0.4 is 10.2 Å². The molecule has 1 aromatic heterocycles. The maximum Gasteiger partial charge on any atom is 0.134 e. The van der Waals surface area contributed by atoms with Crippen molar-refractivity contribution in [2.24, 2.45) is 0 Å². The van der Waals surface area contributed by atoms with Crippen molar-refractivity contribution in [3.05, 3.63) is 46.7 Å². The highest BCUT2D eigenvalue weighted by atomic mass is 79.9. The lowest BCUT2D eigenvalue weighted by Crippen LogP contribution is -2.42. The van der Waals surface area contributed by atoms with Gasteiger partial charge >= 0.3 is 0 Å². The van der Waals surface area contributed by atoms with Crippen LogP contribution in [0.1, 0.15) is 24.8 Å². The summed E-state index contributed by atoms with van der Waals surface area (Å²) in [5.41, 5.74) is 1.18. The first-order chi connectivity index (χ1) is 11.3. The lowest BCUT2D eigenvalue weighted by molar-refractivity contribution is 0.239. The van der Waals surface area contributed by atoms with Crippen LogP contribution >= 0.6 is 15.9 Å². The number of aliphatic hydroxyl groups excluding tert-OH is 1. The van der Waals surface area contributed by atoms with Crippen molar-refractivity contribution >= 4 is 27.6 Å². The third-order valence-corrected chi connectivity index (χ3v) is 4.98. The molecule has 1 saturated heterocycles. The fourth-order valence-corrected chi connectivity index (χ4v) is 3.35. The summed E-state index contributed by atoms with van der Waals surface area (Å²) in [6.45, 7) is 1.80. The molecule has 0 bridgehead atoms. The molecule has 5 nitrogen and oxygen atoms in total. The van der Waals surface area contributed by atoms with Gasteiger partial charge in [0, 0.05) is 23.6 Å². The highest BCUT2D eigenvalue weighted by Gasteiger charge is 2.23. The van der Waals surface area contributed by atoms with Crippen LogP contribution in [0.2, 0.25) is 0 Å². The van der Waals surface area contributed by atoms with Gasteiger partial charge in [0.25, 0.3) is 0 Å². The summed E-state index contributed by atoms with van der Waals surface area (Å²) >= 11 is 3.56. The van der Waals surface area contributed by atoms with E-state index in [1.807, 2.05) is 24.3 Å². The van der Waals surface area contributed by atoms with Crippen LogP contribution in [0.15, 0.2) is 41.1 Å². The molecule has 1 aromatic carbocycles. The minimum absolute atomic E-state index is 0.162. The second kappa shape index (κ2) is 7.75. The van der Waals surface area contributed by atoms with Crippen LogP contribution in [0.4, 0.5) is 11.6 Å². The predicted molar refractivity (Wildman–Crippen MR) is 95.6 cm³/mol. The molecule has 0 amide bonds. The number of hydrogen-bond acceptors (Lipinski definition) is 5. The molecule has 2 aromatic rings. The van der Waals surface area contributed by atoms with Gasteiger partial charge in [-0.05, 0) is 30.9 Å². The van der Waals surface area contributed by atoms with E-state index in [4.69, 9.17) is 0 Å². The van der Waals surface area contributed by atoms with E-state index in [0.29, 0.717) is 6.54 Å². The van der Waals surface area contributed by atoms with Gasteiger partial charge in [-0.2, -0.15) is 0 Å². The number of nitrogens with zero attached hydrogens (tertiary/aromatic N) is 3. The number of anilines is 2. The molecule has 0 radical (unpaired) electrons. The van der Waals surface area contributed by atoms with Crippen molar-refractivity contribution in [3.63, 3.8) is 0 Å². The van der Waals surface area contributed by atoms with Crippen molar-refractivity contribution in [3.8, 4) is 0 Å². The Labute approximate surface area is 144 Å². The smallest absolute Gasteiger partial charge is 0.134 e. The normalized spacial score (nSPS) is 18.0. The standard InChI is InChI=1S/C17H21BrN4O/c18-15-7-2-1-5-13(15)10-19-16-9-17(21-12-20-16)22-8-4-3-6-14(22)11-23/h1-2,5,7,9,12,14,23H,3-4,6,8,10-11H2,(H,19,20,21). The minimum atomic E-state index is 0.162. The molecule has 2 N–H and O–H groups in total. The van der Waals surface area contributed by atoms with Crippen LogP contribution in [-0.4, -0.2) is 34.3 Å². The van der Waals surface area contributed by atoms with Crippen molar-refractivity contribution in [1.82, 2.24) is 9.97 Å². The Kier molecular flexibility index (Phi) is 5.46. The highest BCUT2D eigenvalue weighted by molar-refractivity contribution is 9.10. The SMILES string of the molecule is OCC1CCCCN1c1cc(NCc2ccccc2Br)ncn1. The molecule has 6 heteroatoms. The topological polar surface area (TPSA) is 61.3 Å². The fourth-order valence-electron chi connectivity index (χ4n) is 2.92. The van der Waals surface area contributed by atoms with Crippen molar-refractivity contribution in [2.45, 2.75) is 31.8 Å². The molecule has 1 aliphatic rings. The fraction of sp³-hybridized carbons (Fsp3) is 0.412. The second-order valence-electron chi connectivity index (χ2n) is 5.73. The maximum absolute atomic E-state index is 9.57. The van der Waals surface area contributed by atoms with E-state index in [0.717, 1.165) is 35.5 Å². The van der Waals surface area contributed by atoms with Gasteiger partial charge in [-0.25, -0.2) is 9.97 Å². The number of aliphatic hydroxyl groups is 1. The van der Waals surface area contributed by atoms with Crippen LogP contribution in [-0.2, 0) is 6.54 Å². The van der Waals surface area contributed by atoms with Gasteiger partial charge in [-0.3, -0.25) is 0 Å². The van der Waals surface area contributed by atoms with Gasteiger partial charge in [0.05, 0.1) is 12.6 Å². The van der Waals surface area contributed by atoms with E-state index in [9.17, 15) is 5.11 Å². The number of aromatic nitrogens is 2. The Morgan fingerprint density at radius 3 is 2.96 bits per heavy atom. The van der Waals surface area contributed by atoms with Gasteiger partial charge in [0.15, 0.2) is 0 Å². The molecular weight excluding hydrogens is 356 g/mol. The first-order valence-electron chi connectivity index (χ1n) is 7.95. The Morgan fingerprint density at radius 1 is 1.26 bits per heavy atom. The highest BCUT2D eigenvalue weighted by Crippen LogP contribution is 2.24. The second-order valence-corrected chi connectivity index (χ2v) is 6.59. The number of nitrogens with one attached hydrogen (secondary N) is 1. The van der Waals surface area contributed by atoms with Gasteiger partial charge in [-0.15, -0.1) is 0 Å². The summed E-state index contributed by atoms with van der Waals surface area (Å²) in [4.78, 5) is 10.9. The lowest BCUT2D eigenvalue weighted by atomic mass is 10.0. The number of piperidine rings is 1. The van der Waals surface area contributed by atoms with Crippen LogP contribution in [0.5, 0.6) is 0 Å². The van der Waals surface area contributed by atoms with Crippen LogP contribution in [0.3, 0.4) is 0 Å². The molecule has 0 saturated carbocycles. The summed E-state index contributed by atoms with van der Waals surface area (Å²) in [6.07, 6.45) is 4.90. The van der Waals surface area contributed by atoms with E-state index in [2.05, 4.69) is 42.2 Å². The predicted octanol–water partition coefficient (Wildman–Crippen LogP) is 3.20. The van der Waals surface area contributed by atoms with E-state index < -0.39 is 0 Å². The first-order valence-corrected chi connectivity index (χ1v) is 8.74. The minimum Gasteiger partial charge on any atom is -0.394 e. The quantitative estimate of drug-likeness (QED) is 0.838. The van der Waals surface area contributed by atoms with E-state index in [1.165, 1.54) is 12.0 Å². The zero-order valence-electron chi connectivity index (χ0n) is 13.0. The number of halogens is 1. The molecule has 122 valence electrons. The average molecular weight is 377 g/mol. The van der Waals surface area contributed by atoms with Crippen LogP contribution in [0, 0.1) is 0 Å². The Balaban J connectivity index is 1.71. The van der Waals surface area contributed by atoms with Crippen LogP contribution in [0.25, 0.3) is 0 Å². The molecule has 0 spiro atoms. The summed E-state index contributed by atoms with van der Waals surface area (Å²) in [7, 11) is 0. The van der Waals surface area contributed by atoms with Gasteiger partial charge in [-0.1, -0.05) is 34.1 Å². The van der Waals surface area contributed by atoms with E-state index in [-0.39, 0.29) is 12.6 Å². The Bertz CT molecular complexity index is 652. The maximum atomic E-state index is 9.57. The molecule has 1 fully saturated rings. The van der Waals surface area contributed by atoms with Crippen molar-refractivity contribution < 1.29 is 5.11 Å². The van der Waals surface area contributed by atoms with E-state index in [1.54, 1.807) is 6.33 Å². The monoisotopic (exact) mass is 376 g/mol. The molecule has 3 rings (SSSR count). The van der Waals surface area contributed by atoms with Gasteiger partial charge in [0.2, 0.25) is 0 Å². The summed E-state index contributed by atoms with van der Waals surface area (Å²) in [6, 6.07) is 10.3. The van der Waals surface area contributed by atoms with Gasteiger partial charge < -0.3 is 15.3 Å². The lowest BCUT2D eigenvalue weighted by Gasteiger charge is -2.35. The molecule has 23 heavy (non-hydrogen) atoms. The van der Waals surface area contributed by atoms with Crippen molar-refractivity contribution in [2.75, 3.05) is 23.4 Å². The first kappa shape index (κ1) is 16.2. The molecule has 1 aliphatic heterocycles. The number of hydrogen-bond donors (Lipinski definition) is 2. The third-order valence-electron chi connectivity index (χ3n) is 4.20. The van der Waals surface area contributed by atoms with Gasteiger partial charge in [0.1, 0.15) is 18.0 Å².